The quantitative estimate of drug-likeness (QED) is 0.605. The summed E-state index contributed by atoms with van der Waals surface area (Å²) in [6, 6.07) is 19.0. The molecule has 0 aromatic heterocycles. The average molecular weight is 395 g/mol. The Bertz CT molecular complexity index is 1110. The number of aliphatic imine (C=N–C) groups is 1. The number of ether oxygens (including phenoxy) is 1. The van der Waals surface area contributed by atoms with E-state index in [2.05, 4.69) is 10.3 Å². The molecule has 3 aromatic rings. The van der Waals surface area contributed by atoms with Gasteiger partial charge >= 0.3 is 0 Å². The Morgan fingerprint density at radius 3 is 2.67 bits per heavy atom. The predicted octanol–water partition coefficient (Wildman–Crippen LogP) is 5.39. The minimum atomic E-state index is -0.166. The van der Waals surface area contributed by atoms with Crippen LogP contribution in [0.4, 0.5) is 5.69 Å². The number of fused-ring (bicyclic) bond motifs is 1. The molecule has 1 amide bonds. The van der Waals surface area contributed by atoms with E-state index in [0.717, 1.165) is 22.1 Å². The summed E-state index contributed by atoms with van der Waals surface area (Å²) in [6.45, 7) is 0. The Morgan fingerprint density at radius 2 is 1.89 bits per heavy atom. The van der Waals surface area contributed by atoms with E-state index in [4.69, 9.17) is 16.3 Å². The minimum absolute atomic E-state index is 0.166. The van der Waals surface area contributed by atoms with E-state index in [0.29, 0.717) is 20.8 Å². The van der Waals surface area contributed by atoms with Crippen LogP contribution in [-0.4, -0.2) is 18.2 Å². The predicted molar refractivity (Wildman–Crippen MR) is 113 cm³/mol. The molecule has 3 aromatic carbocycles. The molecule has 0 atom stereocenters. The molecule has 134 valence electrons. The van der Waals surface area contributed by atoms with Gasteiger partial charge in [0, 0.05) is 10.4 Å². The average Bonchev–Trinajstić information content (AvgIpc) is 3.01. The molecule has 1 heterocycles. The molecule has 4 rings (SSSR count). The highest BCUT2D eigenvalue weighted by atomic mass is 35.5. The smallest absolute Gasteiger partial charge is 0.264 e. The summed E-state index contributed by atoms with van der Waals surface area (Å²) in [5.74, 6) is 0.639. The van der Waals surface area contributed by atoms with E-state index < -0.39 is 0 Å². The molecule has 0 radical (unpaired) electrons. The van der Waals surface area contributed by atoms with Gasteiger partial charge in [-0.15, -0.1) is 0 Å². The lowest BCUT2D eigenvalue weighted by atomic mass is 10.0. The summed E-state index contributed by atoms with van der Waals surface area (Å²) in [5.41, 5.74) is 1.65. The summed E-state index contributed by atoms with van der Waals surface area (Å²) < 4.78 is 5.43. The fourth-order valence-electron chi connectivity index (χ4n) is 2.88. The monoisotopic (exact) mass is 394 g/mol. The van der Waals surface area contributed by atoms with Gasteiger partial charge in [-0.05, 0) is 53.1 Å². The number of carbonyl (C=O) groups excluding carboxylic acids is 1. The third kappa shape index (κ3) is 3.70. The number of nitrogens with zero attached hydrogens (tertiary/aromatic N) is 1. The first-order valence-corrected chi connectivity index (χ1v) is 9.44. The number of benzene rings is 3. The molecule has 1 aliphatic heterocycles. The maximum Gasteiger partial charge on any atom is 0.264 e. The van der Waals surface area contributed by atoms with Gasteiger partial charge in [0.15, 0.2) is 5.17 Å². The lowest BCUT2D eigenvalue weighted by Gasteiger charge is -2.08. The van der Waals surface area contributed by atoms with Crippen molar-refractivity contribution in [3.05, 3.63) is 76.2 Å². The number of amides is 1. The molecule has 27 heavy (non-hydrogen) atoms. The van der Waals surface area contributed by atoms with Crippen molar-refractivity contribution in [3.63, 3.8) is 0 Å². The largest absolute Gasteiger partial charge is 0.496 e. The zero-order chi connectivity index (χ0) is 18.8. The fourth-order valence-corrected chi connectivity index (χ4v) is 3.90. The first-order valence-electron chi connectivity index (χ1n) is 8.25. The molecule has 1 aliphatic rings. The molecule has 0 spiro atoms. The van der Waals surface area contributed by atoms with Crippen LogP contribution in [0.2, 0.25) is 5.02 Å². The fraction of sp³-hybridized carbons (Fsp3) is 0.0476. The second-order valence-electron chi connectivity index (χ2n) is 5.86. The van der Waals surface area contributed by atoms with Crippen LogP contribution in [0.1, 0.15) is 5.56 Å². The molecular formula is C21H15ClN2O2S. The van der Waals surface area contributed by atoms with Crippen molar-refractivity contribution in [2.45, 2.75) is 0 Å². The Balaban J connectivity index is 1.69. The van der Waals surface area contributed by atoms with Crippen LogP contribution in [0.5, 0.6) is 5.75 Å². The topological polar surface area (TPSA) is 50.7 Å². The summed E-state index contributed by atoms with van der Waals surface area (Å²) in [7, 11) is 1.65. The van der Waals surface area contributed by atoms with E-state index in [1.165, 1.54) is 11.8 Å². The Hall–Kier alpha value is -2.76. The van der Waals surface area contributed by atoms with Gasteiger partial charge in [0.25, 0.3) is 5.91 Å². The molecule has 0 aliphatic carbocycles. The van der Waals surface area contributed by atoms with Crippen LogP contribution in [0.3, 0.4) is 0 Å². The van der Waals surface area contributed by atoms with E-state index in [9.17, 15) is 4.79 Å². The van der Waals surface area contributed by atoms with Crippen LogP contribution < -0.4 is 10.1 Å². The van der Waals surface area contributed by atoms with Gasteiger partial charge in [0.05, 0.1) is 17.7 Å². The highest BCUT2D eigenvalue weighted by molar-refractivity contribution is 8.18. The Labute approximate surface area is 165 Å². The molecule has 1 fully saturated rings. The van der Waals surface area contributed by atoms with Gasteiger partial charge in [0.2, 0.25) is 0 Å². The molecule has 0 saturated carbocycles. The zero-order valence-electron chi connectivity index (χ0n) is 14.4. The molecule has 6 heteroatoms. The normalized spacial score (nSPS) is 16.9. The van der Waals surface area contributed by atoms with E-state index in [-0.39, 0.29) is 5.91 Å². The van der Waals surface area contributed by atoms with Crippen LogP contribution in [0.25, 0.3) is 16.8 Å². The number of nitrogens with one attached hydrogen (secondary N) is 1. The zero-order valence-corrected chi connectivity index (χ0v) is 16.0. The highest BCUT2D eigenvalue weighted by Gasteiger charge is 2.24. The molecule has 1 saturated heterocycles. The van der Waals surface area contributed by atoms with Crippen molar-refractivity contribution < 1.29 is 9.53 Å². The van der Waals surface area contributed by atoms with Crippen LogP contribution in [0, 0.1) is 0 Å². The third-order valence-electron chi connectivity index (χ3n) is 4.11. The highest BCUT2D eigenvalue weighted by Crippen LogP contribution is 2.33. The summed E-state index contributed by atoms with van der Waals surface area (Å²) in [6.07, 6.45) is 1.88. The Kier molecular flexibility index (Phi) is 4.88. The van der Waals surface area contributed by atoms with Crippen LogP contribution >= 0.6 is 23.4 Å². The van der Waals surface area contributed by atoms with Crippen molar-refractivity contribution in [2.24, 2.45) is 4.99 Å². The van der Waals surface area contributed by atoms with Crippen LogP contribution in [-0.2, 0) is 4.79 Å². The van der Waals surface area contributed by atoms with Gasteiger partial charge < -0.3 is 10.1 Å². The number of hydrogen-bond acceptors (Lipinski definition) is 4. The van der Waals surface area contributed by atoms with E-state index >= 15 is 0 Å². The first kappa shape index (κ1) is 17.6. The molecule has 1 N–H and O–H groups in total. The van der Waals surface area contributed by atoms with Crippen molar-refractivity contribution >= 4 is 57.0 Å². The van der Waals surface area contributed by atoms with Crippen molar-refractivity contribution in [1.82, 2.24) is 5.32 Å². The summed E-state index contributed by atoms with van der Waals surface area (Å²) >= 11 is 7.30. The third-order valence-corrected chi connectivity index (χ3v) is 5.26. The number of hydrogen-bond donors (Lipinski definition) is 1. The van der Waals surface area contributed by atoms with Gasteiger partial charge in [-0.3, -0.25) is 4.79 Å². The molecule has 0 unspecified atom stereocenters. The molecular weight excluding hydrogens is 380 g/mol. The van der Waals surface area contributed by atoms with Gasteiger partial charge in [-0.25, -0.2) is 4.99 Å². The maximum absolute atomic E-state index is 12.4. The second-order valence-corrected chi connectivity index (χ2v) is 7.33. The Morgan fingerprint density at radius 1 is 1.07 bits per heavy atom. The number of rotatable bonds is 3. The van der Waals surface area contributed by atoms with E-state index in [1.54, 1.807) is 19.2 Å². The number of carbonyl (C=O) groups is 1. The first-order chi connectivity index (χ1) is 13.1. The SMILES string of the molecule is COc1ccc(C=C2SC(=Nc3cccc(Cl)c3)NC2=O)c2ccccc12. The van der Waals surface area contributed by atoms with Crippen molar-refractivity contribution in [3.8, 4) is 5.75 Å². The van der Waals surface area contributed by atoms with Gasteiger partial charge in [-0.1, -0.05) is 48.0 Å². The van der Waals surface area contributed by atoms with Crippen LogP contribution in [0.15, 0.2) is 70.6 Å². The molecule has 4 nitrogen and oxygen atoms in total. The standard InChI is InChI=1S/C21H15ClN2O2S/c1-26-18-10-9-13(16-7-2-3-8-17(16)18)11-19-20(25)24-21(27-19)23-15-6-4-5-14(22)12-15/h2-12H,1H3,(H,23,24,25). The number of amidine groups is 1. The maximum atomic E-state index is 12.4. The summed E-state index contributed by atoms with van der Waals surface area (Å²) in [5, 5.41) is 5.97. The van der Waals surface area contributed by atoms with E-state index in [1.807, 2.05) is 54.6 Å². The lowest BCUT2D eigenvalue weighted by molar-refractivity contribution is -0.115. The minimum Gasteiger partial charge on any atom is -0.496 e. The van der Waals surface area contributed by atoms with Gasteiger partial charge in [-0.2, -0.15) is 0 Å². The lowest BCUT2D eigenvalue weighted by Crippen LogP contribution is -2.19. The van der Waals surface area contributed by atoms with Gasteiger partial charge in [0.1, 0.15) is 5.75 Å². The molecule has 0 bridgehead atoms. The number of methoxy groups -OCH3 is 1. The second kappa shape index (κ2) is 7.47. The number of thioether (sulfide) groups is 1. The van der Waals surface area contributed by atoms with Crippen molar-refractivity contribution in [1.29, 1.82) is 0 Å². The summed E-state index contributed by atoms with van der Waals surface area (Å²) in [4.78, 5) is 17.4. The van der Waals surface area contributed by atoms with Crippen molar-refractivity contribution in [2.75, 3.05) is 7.11 Å². The number of halogens is 1.